The quantitative estimate of drug-likeness (QED) is 0.697. The van der Waals surface area contributed by atoms with E-state index in [-0.39, 0.29) is 5.91 Å². The van der Waals surface area contributed by atoms with Crippen molar-refractivity contribution in [2.75, 3.05) is 17.7 Å². The van der Waals surface area contributed by atoms with E-state index in [9.17, 15) is 4.79 Å². The summed E-state index contributed by atoms with van der Waals surface area (Å²) in [5.41, 5.74) is 3.88. The molecule has 0 atom stereocenters. The molecule has 0 fully saturated rings. The van der Waals surface area contributed by atoms with Crippen molar-refractivity contribution in [2.24, 2.45) is 0 Å². The predicted molar refractivity (Wildman–Crippen MR) is 98.2 cm³/mol. The van der Waals surface area contributed by atoms with Crippen molar-refractivity contribution in [1.82, 2.24) is 0 Å². The molecule has 1 amide bonds. The molecule has 0 aliphatic heterocycles. The topological polar surface area (TPSA) is 63.5 Å². The second kappa shape index (κ2) is 7.57. The van der Waals surface area contributed by atoms with Gasteiger partial charge in [-0.15, -0.1) is 0 Å². The van der Waals surface area contributed by atoms with Crippen molar-refractivity contribution in [1.29, 1.82) is 0 Å². The fourth-order valence-corrected chi connectivity index (χ4v) is 2.45. The van der Waals surface area contributed by atoms with Gasteiger partial charge >= 0.3 is 0 Å². The molecule has 0 spiro atoms. The van der Waals surface area contributed by atoms with Gasteiger partial charge < -0.3 is 19.8 Å². The first-order chi connectivity index (χ1) is 12.2. The van der Waals surface area contributed by atoms with E-state index in [0.717, 1.165) is 28.3 Å². The van der Waals surface area contributed by atoms with Gasteiger partial charge in [0.15, 0.2) is 5.76 Å². The minimum absolute atomic E-state index is 0.257. The molecule has 0 aliphatic carbocycles. The number of furan rings is 1. The molecule has 128 valence electrons. The lowest BCUT2D eigenvalue weighted by Crippen LogP contribution is -2.12. The number of hydrogen-bond acceptors (Lipinski definition) is 4. The van der Waals surface area contributed by atoms with Gasteiger partial charge in [0, 0.05) is 17.9 Å². The molecule has 5 nitrogen and oxygen atoms in total. The first kappa shape index (κ1) is 16.6. The molecular weight excluding hydrogens is 316 g/mol. The molecular formula is C20H20N2O3. The van der Waals surface area contributed by atoms with Gasteiger partial charge in [0.25, 0.3) is 5.91 Å². The van der Waals surface area contributed by atoms with Gasteiger partial charge in [-0.2, -0.15) is 0 Å². The summed E-state index contributed by atoms with van der Waals surface area (Å²) < 4.78 is 10.3. The number of nitrogens with one attached hydrogen (secondary N) is 2. The van der Waals surface area contributed by atoms with E-state index in [0.29, 0.717) is 12.3 Å². The summed E-state index contributed by atoms with van der Waals surface area (Å²) in [6.07, 6.45) is 1.48. The summed E-state index contributed by atoms with van der Waals surface area (Å²) >= 11 is 0. The monoisotopic (exact) mass is 336 g/mol. The molecule has 0 aliphatic rings. The van der Waals surface area contributed by atoms with Crippen LogP contribution in [0, 0.1) is 6.92 Å². The number of benzene rings is 2. The SMILES string of the molecule is COc1ccc(CNc2ccc(NC(=O)c3ccco3)c(C)c2)cc1. The van der Waals surface area contributed by atoms with Crippen LogP contribution >= 0.6 is 0 Å². The third-order valence-electron chi connectivity index (χ3n) is 3.88. The van der Waals surface area contributed by atoms with Crippen LogP contribution in [0.15, 0.2) is 65.3 Å². The molecule has 2 aromatic carbocycles. The summed E-state index contributed by atoms with van der Waals surface area (Å²) in [4.78, 5) is 12.0. The Kier molecular flexibility index (Phi) is 5.04. The minimum Gasteiger partial charge on any atom is -0.497 e. The maximum atomic E-state index is 12.0. The summed E-state index contributed by atoms with van der Waals surface area (Å²) in [6.45, 7) is 2.66. The van der Waals surface area contributed by atoms with Crippen LogP contribution in [0.25, 0.3) is 0 Å². The zero-order valence-electron chi connectivity index (χ0n) is 14.2. The lowest BCUT2D eigenvalue weighted by Gasteiger charge is -2.11. The van der Waals surface area contributed by atoms with Crippen molar-refractivity contribution in [3.8, 4) is 5.75 Å². The molecule has 3 aromatic rings. The Labute approximate surface area is 146 Å². The molecule has 0 radical (unpaired) electrons. The average Bonchev–Trinajstić information content (AvgIpc) is 3.17. The second-order valence-corrected chi connectivity index (χ2v) is 5.66. The molecule has 1 heterocycles. The highest BCUT2D eigenvalue weighted by Crippen LogP contribution is 2.21. The van der Waals surface area contributed by atoms with Crippen molar-refractivity contribution in [2.45, 2.75) is 13.5 Å². The first-order valence-corrected chi connectivity index (χ1v) is 7.98. The van der Waals surface area contributed by atoms with Crippen LogP contribution in [0.3, 0.4) is 0 Å². The Morgan fingerprint density at radius 3 is 2.56 bits per heavy atom. The van der Waals surface area contributed by atoms with Gasteiger partial charge in [0.1, 0.15) is 5.75 Å². The minimum atomic E-state index is -0.257. The summed E-state index contributed by atoms with van der Waals surface area (Å²) in [5, 5.41) is 6.23. The highest BCUT2D eigenvalue weighted by atomic mass is 16.5. The Morgan fingerprint density at radius 1 is 1.12 bits per heavy atom. The number of hydrogen-bond donors (Lipinski definition) is 2. The van der Waals surface area contributed by atoms with E-state index >= 15 is 0 Å². The zero-order valence-corrected chi connectivity index (χ0v) is 14.2. The number of carbonyl (C=O) groups is 1. The fraction of sp³-hybridized carbons (Fsp3) is 0.150. The Hall–Kier alpha value is -3.21. The van der Waals surface area contributed by atoms with Gasteiger partial charge in [0.2, 0.25) is 0 Å². The molecule has 2 N–H and O–H groups in total. The number of methoxy groups -OCH3 is 1. The highest BCUT2D eigenvalue weighted by molar-refractivity contribution is 6.02. The summed E-state index contributed by atoms with van der Waals surface area (Å²) in [6, 6.07) is 17.1. The maximum Gasteiger partial charge on any atom is 0.291 e. The van der Waals surface area contributed by atoms with Crippen LogP contribution in [-0.4, -0.2) is 13.0 Å². The van der Waals surface area contributed by atoms with Crippen LogP contribution in [0.2, 0.25) is 0 Å². The van der Waals surface area contributed by atoms with Crippen molar-refractivity contribution in [3.63, 3.8) is 0 Å². The highest BCUT2D eigenvalue weighted by Gasteiger charge is 2.10. The van der Waals surface area contributed by atoms with E-state index in [2.05, 4.69) is 10.6 Å². The number of rotatable bonds is 6. The van der Waals surface area contributed by atoms with E-state index < -0.39 is 0 Å². The number of anilines is 2. The Morgan fingerprint density at radius 2 is 1.92 bits per heavy atom. The van der Waals surface area contributed by atoms with Crippen molar-refractivity contribution >= 4 is 17.3 Å². The molecule has 1 aromatic heterocycles. The summed E-state index contributed by atoms with van der Waals surface area (Å²) in [7, 11) is 1.66. The normalized spacial score (nSPS) is 10.3. The van der Waals surface area contributed by atoms with Crippen LogP contribution in [-0.2, 0) is 6.54 Å². The first-order valence-electron chi connectivity index (χ1n) is 7.98. The Balaban J connectivity index is 1.62. The smallest absolute Gasteiger partial charge is 0.291 e. The molecule has 0 saturated carbocycles. The molecule has 3 rings (SSSR count). The number of amides is 1. The summed E-state index contributed by atoms with van der Waals surface area (Å²) in [5.74, 6) is 0.879. The molecule has 5 heteroatoms. The predicted octanol–water partition coefficient (Wildman–Crippen LogP) is 4.46. The van der Waals surface area contributed by atoms with E-state index in [1.807, 2.05) is 49.4 Å². The van der Waals surface area contributed by atoms with Crippen LogP contribution in [0.5, 0.6) is 5.75 Å². The lowest BCUT2D eigenvalue weighted by molar-refractivity contribution is 0.0996. The number of aryl methyl sites for hydroxylation is 1. The number of ether oxygens (including phenoxy) is 1. The fourth-order valence-electron chi connectivity index (χ4n) is 2.45. The van der Waals surface area contributed by atoms with Crippen molar-refractivity contribution < 1.29 is 13.9 Å². The van der Waals surface area contributed by atoms with E-state index in [4.69, 9.17) is 9.15 Å². The Bertz CT molecular complexity index is 840. The zero-order chi connectivity index (χ0) is 17.6. The molecule has 25 heavy (non-hydrogen) atoms. The van der Waals surface area contributed by atoms with Gasteiger partial charge in [0.05, 0.1) is 13.4 Å². The largest absolute Gasteiger partial charge is 0.497 e. The lowest BCUT2D eigenvalue weighted by atomic mass is 10.1. The van der Waals surface area contributed by atoms with Crippen LogP contribution in [0.4, 0.5) is 11.4 Å². The molecule has 0 bridgehead atoms. The van der Waals surface area contributed by atoms with Crippen LogP contribution in [0.1, 0.15) is 21.7 Å². The van der Waals surface area contributed by atoms with Gasteiger partial charge in [-0.25, -0.2) is 0 Å². The third kappa shape index (κ3) is 4.20. The van der Waals surface area contributed by atoms with Gasteiger partial charge in [-0.1, -0.05) is 12.1 Å². The third-order valence-corrected chi connectivity index (χ3v) is 3.88. The van der Waals surface area contributed by atoms with E-state index in [1.54, 1.807) is 19.2 Å². The number of carbonyl (C=O) groups excluding carboxylic acids is 1. The average molecular weight is 336 g/mol. The van der Waals surface area contributed by atoms with Crippen molar-refractivity contribution in [3.05, 3.63) is 77.7 Å². The maximum absolute atomic E-state index is 12.0. The van der Waals surface area contributed by atoms with E-state index in [1.165, 1.54) is 6.26 Å². The van der Waals surface area contributed by atoms with Gasteiger partial charge in [-0.05, 0) is 60.5 Å². The molecule has 0 saturated heterocycles. The standard InChI is InChI=1S/C20H20N2O3/c1-14-12-16(21-13-15-5-8-17(24-2)9-6-15)7-10-18(14)22-20(23)19-4-3-11-25-19/h3-12,21H,13H2,1-2H3,(H,22,23). The van der Waals surface area contributed by atoms with Gasteiger partial charge in [-0.3, -0.25) is 4.79 Å². The second-order valence-electron chi connectivity index (χ2n) is 5.66. The van der Waals surface area contributed by atoms with Crippen LogP contribution < -0.4 is 15.4 Å². The molecule has 0 unspecified atom stereocenters.